The largest absolute Gasteiger partial charge is 0.453 e. The number of rotatable bonds is 4. The van der Waals surface area contributed by atoms with Crippen molar-refractivity contribution in [2.75, 3.05) is 0 Å². The van der Waals surface area contributed by atoms with E-state index in [2.05, 4.69) is 10.3 Å². The molecule has 0 fully saturated rings. The molecule has 2 aromatic heterocycles. The van der Waals surface area contributed by atoms with Crippen LogP contribution in [-0.4, -0.2) is 20.9 Å². The molecule has 7 heteroatoms. The monoisotopic (exact) mass is 347 g/mol. The van der Waals surface area contributed by atoms with Gasteiger partial charge in [-0.2, -0.15) is 9.78 Å². The Hall–Kier alpha value is -3.74. The van der Waals surface area contributed by atoms with Crippen molar-refractivity contribution in [2.24, 2.45) is 0 Å². The highest BCUT2D eigenvalue weighted by atomic mass is 16.5. The van der Waals surface area contributed by atoms with Crippen molar-refractivity contribution in [3.8, 4) is 5.69 Å². The topological polar surface area (TPSA) is 87.2 Å². The summed E-state index contributed by atoms with van der Waals surface area (Å²) < 4.78 is 11.4. The fourth-order valence-corrected chi connectivity index (χ4v) is 2.61. The third-order valence-electron chi connectivity index (χ3n) is 3.84. The highest BCUT2D eigenvalue weighted by Gasteiger charge is 2.19. The summed E-state index contributed by atoms with van der Waals surface area (Å²) in [5, 5.41) is 8.64. The van der Waals surface area contributed by atoms with Gasteiger partial charge >= 0.3 is 5.97 Å². The predicted octanol–water partition coefficient (Wildman–Crippen LogP) is 2.73. The number of ether oxygens (including phenoxy) is 1. The van der Waals surface area contributed by atoms with Gasteiger partial charge in [-0.3, -0.25) is 4.79 Å². The molecule has 2 aromatic carbocycles. The van der Waals surface area contributed by atoms with E-state index in [1.54, 1.807) is 54.6 Å². The Morgan fingerprint density at radius 3 is 2.46 bits per heavy atom. The molecule has 0 amide bonds. The van der Waals surface area contributed by atoms with E-state index in [0.29, 0.717) is 22.2 Å². The molecule has 0 bridgehead atoms. The smallest absolute Gasteiger partial charge is 0.359 e. The summed E-state index contributed by atoms with van der Waals surface area (Å²) in [6.07, 6.45) is 1.46. The van der Waals surface area contributed by atoms with E-state index in [-0.39, 0.29) is 17.9 Å². The second kappa shape index (κ2) is 6.64. The average molecular weight is 347 g/mol. The van der Waals surface area contributed by atoms with Crippen LogP contribution in [0, 0.1) is 0 Å². The Labute approximate surface area is 147 Å². The molecule has 26 heavy (non-hydrogen) atoms. The van der Waals surface area contributed by atoms with E-state index in [4.69, 9.17) is 9.26 Å². The number of para-hydroxylation sites is 1. The zero-order valence-electron chi connectivity index (χ0n) is 13.5. The van der Waals surface area contributed by atoms with Crippen LogP contribution in [0.15, 0.2) is 76.2 Å². The van der Waals surface area contributed by atoms with Gasteiger partial charge in [-0.05, 0) is 18.2 Å². The van der Waals surface area contributed by atoms with Crippen LogP contribution in [-0.2, 0) is 11.3 Å². The van der Waals surface area contributed by atoms with Crippen molar-refractivity contribution >= 4 is 16.7 Å². The van der Waals surface area contributed by atoms with Crippen LogP contribution in [0.4, 0.5) is 0 Å². The summed E-state index contributed by atoms with van der Waals surface area (Å²) in [5.74, 6) is -0.235. The lowest BCUT2D eigenvalue weighted by Gasteiger charge is -2.10. The van der Waals surface area contributed by atoms with Gasteiger partial charge in [-0.15, -0.1) is 0 Å². The number of nitrogens with zero attached hydrogens (tertiary/aromatic N) is 3. The van der Waals surface area contributed by atoms with Gasteiger partial charge in [-0.25, -0.2) is 4.79 Å². The molecule has 0 spiro atoms. The number of carbonyl (C=O) groups excluding carboxylic acids is 1. The molecule has 7 nitrogen and oxygen atoms in total. The zero-order chi connectivity index (χ0) is 17.9. The normalized spacial score (nSPS) is 10.8. The van der Waals surface area contributed by atoms with Crippen LogP contribution in [0.5, 0.6) is 0 Å². The van der Waals surface area contributed by atoms with Crippen LogP contribution in [0.1, 0.15) is 16.2 Å². The van der Waals surface area contributed by atoms with Gasteiger partial charge in [0.25, 0.3) is 5.56 Å². The molecule has 0 atom stereocenters. The minimum Gasteiger partial charge on any atom is -0.453 e. The fourth-order valence-electron chi connectivity index (χ4n) is 2.61. The van der Waals surface area contributed by atoms with Crippen molar-refractivity contribution < 1.29 is 14.1 Å². The molecule has 0 saturated heterocycles. The molecule has 0 radical (unpaired) electrons. The van der Waals surface area contributed by atoms with E-state index in [1.165, 1.54) is 10.9 Å². The van der Waals surface area contributed by atoms with Crippen molar-refractivity contribution in [2.45, 2.75) is 6.61 Å². The molecule has 0 aliphatic heterocycles. The summed E-state index contributed by atoms with van der Waals surface area (Å²) in [6.45, 7) is -0.0701. The van der Waals surface area contributed by atoms with Gasteiger partial charge in [0.1, 0.15) is 0 Å². The quantitative estimate of drug-likeness (QED) is 0.528. The lowest BCUT2D eigenvalue weighted by Crippen LogP contribution is -2.25. The molecule has 0 aliphatic carbocycles. The molecule has 4 rings (SSSR count). The molecule has 0 unspecified atom stereocenters. The van der Waals surface area contributed by atoms with E-state index in [9.17, 15) is 9.59 Å². The van der Waals surface area contributed by atoms with Crippen LogP contribution in [0.3, 0.4) is 0 Å². The first-order valence-electron chi connectivity index (χ1n) is 7.88. The molecule has 4 aromatic rings. The summed E-state index contributed by atoms with van der Waals surface area (Å²) in [4.78, 5) is 25.4. The number of esters is 1. The number of aromatic nitrogens is 3. The van der Waals surface area contributed by atoms with E-state index in [0.717, 1.165) is 0 Å². The summed E-state index contributed by atoms with van der Waals surface area (Å²) in [6, 6.07) is 17.3. The van der Waals surface area contributed by atoms with Gasteiger partial charge in [0.15, 0.2) is 18.1 Å². The van der Waals surface area contributed by atoms with Gasteiger partial charge in [0, 0.05) is 11.5 Å². The number of carbonyl (C=O) groups is 1. The standard InChI is InChI=1S/C19H13N3O4/c23-18-16-9-5-4-8-15(16)17(19(24)25-12-14-10-11-20-26-14)21-22(18)13-6-2-1-3-7-13/h1-11H,12H2. The molecule has 128 valence electrons. The van der Waals surface area contributed by atoms with Gasteiger partial charge in [-0.1, -0.05) is 41.6 Å². The maximum Gasteiger partial charge on any atom is 0.359 e. The summed E-state index contributed by atoms with van der Waals surface area (Å²) in [7, 11) is 0. The van der Waals surface area contributed by atoms with Crippen LogP contribution >= 0.6 is 0 Å². The molecule has 0 saturated carbocycles. The lowest BCUT2D eigenvalue weighted by molar-refractivity contribution is 0.0431. The Morgan fingerprint density at radius 1 is 1.00 bits per heavy atom. The minimum atomic E-state index is -0.651. The van der Waals surface area contributed by atoms with Crippen LogP contribution < -0.4 is 5.56 Å². The Balaban J connectivity index is 1.81. The Morgan fingerprint density at radius 2 is 1.73 bits per heavy atom. The fraction of sp³-hybridized carbons (Fsp3) is 0.0526. The van der Waals surface area contributed by atoms with E-state index < -0.39 is 5.97 Å². The van der Waals surface area contributed by atoms with Crippen molar-refractivity contribution in [1.29, 1.82) is 0 Å². The summed E-state index contributed by atoms with van der Waals surface area (Å²) in [5.41, 5.74) is 0.315. The predicted molar refractivity (Wildman–Crippen MR) is 93.0 cm³/mol. The summed E-state index contributed by atoms with van der Waals surface area (Å²) >= 11 is 0. The van der Waals surface area contributed by atoms with Crippen molar-refractivity contribution in [3.63, 3.8) is 0 Å². The first-order valence-corrected chi connectivity index (χ1v) is 7.88. The van der Waals surface area contributed by atoms with Gasteiger partial charge in [0.2, 0.25) is 0 Å². The molecular weight excluding hydrogens is 334 g/mol. The van der Waals surface area contributed by atoms with Crippen LogP contribution in [0.2, 0.25) is 0 Å². The maximum absolute atomic E-state index is 12.8. The SMILES string of the molecule is O=C(OCc1ccno1)c1nn(-c2ccccc2)c(=O)c2ccccc12. The first-order chi connectivity index (χ1) is 12.7. The Kier molecular flexibility index (Phi) is 4.03. The van der Waals surface area contributed by atoms with Crippen molar-refractivity contribution in [3.05, 3.63) is 88.7 Å². The molecule has 2 heterocycles. The molecule has 0 N–H and O–H groups in total. The molecule has 0 aliphatic rings. The minimum absolute atomic E-state index is 0.0589. The second-order valence-electron chi connectivity index (χ2n) is 5.50. The third kappa shape index (κ3) is 2.86. The highest BCUT2D eigenvalue weighted by Crippen LogP contribution is 2.16. The van der Waals surface area contributed by atoms with Gasteiger partial charge < -0.3 is 9.26 Å². The number of hydrogen-bond donors (Lipinski definition) is 0. The molecular formula is C19H13N3O4. The average Bonchev–Trinajstić information content (AvgIpc) is 3.21. The lowest BCUT2D eigenvalue weighted by atomic mass is 10.1. The number of benzene rings is 2. The van der Waals surface area contributed by atoms with Gasteiger partial charge in [0.05, 0.1) is 17.3 Å². The maximum atomic E-state index is 12.8. The second-order valence-corrected chi connectivity index (χ2v) is 5.50. The van der Waals surface area contributed by atoms with Crippen molar-refractivity contribution in [1.82, 2.24) is 14.9 Å². The Bertz CT molecular complexity index is 1120. The van der Waals surface area contributed by atoms with E-state index >= 15 is 0 Å². The van der Waals surface area contributed by atoms with E-state index in [1.807, 2.05) is 6.07 Å². The van der Waals surface area contributed by atoms with Crippen LogP contribution in [0.25, 0.3) is 16.5 Å². The third-order valence-corrected chi connectivity index (χ3v) is 3.84. The highest BCUT2D eigenvalue weighted by molar-refractivity contribution is 6.02. The first kappa shape index (κ1) is 15.8. The zero-order valence-corrected chi connectivity index (χ0v) is 13.5. The number of fused-ring (bicyclic) bond motifs is 1. The number of hydrogen-bond acceptors (Lipinski definition) is 6.